The van der Waals surface area contributed by atoms with E-state index < -0.39 is 0 Å². The van der Waals surface area contributed by atoms with Crippen LogP contribution in [0.2, 0.25) is 0 Å². The lowest BCUT2D eigenvalue weighted by molar-refractivity contribution is -0.118. The smallest absolute Gasteiger partial charge is 0.250 e. The Morgan fingerprint density at radius 3 is 3.08 bits per heavy atom. The van der Waals surface area contributed by atoms with Gasteiger partial charge in [-0.3, -0.25) is 15.5 Å². The highest BCUT2D eigenvalue weighted by atomic mass is 16.1. The van der Waals surface area contributed by atoms with E-state index in [0.717, 1.165) is 0 Å². The summed E-state index contributed by atoms with van der Waals surface area (Å²) in [6, 6.07) is 0.0387. The Hall–Kier alpha value is -1.59. The van der Waals surface area contributed by atoms with Crippen LogP contribution in [-0.2, 0) is 4.79 Å². The molecule has 1 unspecified atom stereocenters. The van der Waals surface area contributed by atoms with Crippen LogP contribution in [0.15, 0.2) is 4.99 Å². The molecule has 0 saturated heterocycles. The number of aliphatic imine (C=N–C) groups is 1. The first kappa shape index (κ1) is 8.51. The third kappa shape index (κ3) is 2.22. The molecule has 0 aromatic heterocycles. The van der Waals surface area contributed by atoms with Crippen LogP contribution < -0.4 is 16.4 Å². The van der Waals surface area contributed by atoms with Crippen LogP contribution in [0.1, 0.15) is 13.3 Å². The Morgan fingerprint density at radius 1 is 1.92 bits per heavy atom. The number of carbonyl (C=O) groups is 1. The maximum Gasteiger partial charge on any atom is 0.250 e. The fraction of sp³-hybridized carbons (Fsp3) is 0.500. The number of amides is 1. The predicted molar refractivity (Wildman–Crippen MR) is 44.7 cm³/mol. The lowest BCUT2D eigenvalue weighted by atomic mass is 10.2. The third-order valence-corrected chi connectivity index (χ3v) is 1.35. The topological polar surface area (TPSA) is 103 Å². The molecule has 0 radical (unpaired) electrons. The van der Waals surface area contributed by atoms with Crippen molar-refractivity contribution in [1.82, 2.24) is 10.6 Å². The zero-order valence-corrected chi connectivity index (χ0v) is 6.72. The summed E-state index contributed by atoms with van der Waals surface area (Å²) in [7, 11) is 0. The number of nitrogens with two attached hydrogens (primary N) is 1. The summed E-state index contributed by atoms with van der Waals surface area (Å²) in [6.07, 6.45) is 0.378. The maximum atomic E-state index is 10.9. The normalized spacial score (nSPS) is 22.6. The molecule has 66 valence electrons. The number of carbonyl (C=O) groups excluding carboxylic acids is 1. The molecule has 6 nitrogen and oxygen atoms in total. The zero-order chi connectivity index (χ0) is 9.14. The molecule has 0 bridgehead atoms. The van der Waals surface area contributed by atoms with Crippen LogP contribution >= 0.6 is 0 Å². The van der Waals surface area contributed by atoms with E-state index in [9.17, 15) is 4.79 Å². The molecule has 0 fully saturated rings. The van der Waals surface area contributed by atoms with E-state index in [-0.39, 0.29) is 23.9 Å². The van der Waals surface area contributed by atoms with Crippen molar-refractivity contribution >= 4 is 17.8 Å². The van der Waals surface area contributed by atoms with Gasteiger partial charge in [-0.25, -0.2) is 0 Å². The van der Waals surface area contributed by atoms with E-state index in [0.29, 0.717) is 6.42 Å². The second-order valence-electron chi connectivity index (χ2n) is 2.64. The SMILES string of the molecule is CC1CC(=O)N=C(NC(=N)N)N1. The number of nitrogens with one attached hydrogen (secondary N) is 3. The summed E-state index contributed by atoms with van der Waals surface area (Å²) in [5, 5.41) is 12.2. The molecule has 1 amide bonds. The molecule has 1 heterocycles. The minimum atomic E-state index is -0.233. The molecule has 0 aliphatic carbocycles. The molecule has 1 aliphatic rings. The molecule has 1 atom stereocenters. The highest BCUT2D eigenvalue weighted by Gasteiger charge is 2.16. The van der Waals surface area contributed by atoms with Gasteiger partial charge in [0, 0.05) is 12.5 Å². The Labute approximate surface area is 69.7 Å². The van der Waals surface area contributed by atoms with E-state index in [2.05, 4.69) is 15.6 Å². The summed E-state index contributed by atoms with van der Waals surface area (Å²) in [5.74, 6) is -0.181. The van der Waals surface area contributed by atoms with Gasteiger partial charge >= 0.3 is 0 Å². The summed E-state index contributed by atoms with van der Waals surface area (Å²) in [6.45, 7) is 1.86. The lowest BCUT2D eigenvalue weighted by Crippen LogP contribution is -2.50. The molecule has 0 saturated carbocycles. The van der Waals surface area contributed by atoms with Crippen molar-refractivity contribution in [3.05, 3.63) is 0 Å². The summed E-state index contributed by atoms with van der Waals surface area (Å²) < 4.78 is 0. The number of hydrogen-bond acceptors (Lipinski definition) is 3. The van der Waals surface area contributed by atoms with Crippen molar-refractivity contribution in [1.29, 1.82) is 5.41 Å². The van der Waals surface area contributed by atoms with Gasteiger partial charge in [0.2, 0.25) is 5.96 Å². The fourth-order valence-corrected chi connectivity index (χ4v) is 0.941. The Bertz CT molecular complexity index is 246. The van der Waals surface area contributed by atoms with Crippen LogP contribution in [-0.4, -0.2) is 23.9 Å². The van der Waals surface area contributed by atoms with Gasteiger partial charge < -0.3 is 11.1 Å². The van der Waals surface area contributed by atoms with Gasteiger partial charge in [0.05, 0.1) is 0 Å². The van der Waals surface area contributed by atoms with Gasteiger partial charge in [-0.2, -0.15) is 4.99 Å². The van der Waals surface area contributed by atoms with Crippen LogP contribution in [0, 0.1) is 5.41 Å². The van der Waals surface area contributed by atoms with Crippen molar-refractivity contribution in [3.63, 3.8) is 0 Å². The standard InChI is InChI=1S/C6H11N5O/c1-3-2-4(12)10-6(9-3)11-5(7)8/h3H,2H2,1H3,(H5,7,8,9,10,11,12). The van der Waals surface area contributed by atoms with E-state index in [1.54, 1.807) is 0 Å². The first-order valence-corrected chi connectivity index (χ1v) is 3.57. The van der Waals surface area contributed by atoms with Crippen molar-refractivity contribution in [3.8, 4) is 0 Å². The first-order valence-electron chi connectivity index (χ1n) is 3.57. The van der Waals surface area contributed by atoms with E-state index in [4.69, 9.17) is 11.1 Å². The number of nitrogens with zero attached hydrogens (tertiary/aromatic N) is 1. The largest absolute Gasteiger partial charge is 0.370 e. The highest BCUT2D eigenvalue weighted by molar-refractivity contribution is 6.03. The van der Waals surface area contributed by atoms with Crippen molar-refractivity contribution < 1.29 is 4.79 Å². The van der Waals surface area contributed by atoms with Gasteiger partial charge in [0.25, 0.3) is 5.91 Å². The highest BCUT2D eigenvalue weighted by Crippen LogP contribution is 1.98. The van der Waals surface area contributed by atoms with Crippen molar-refractivity contribution in [2.45, 2.75) is 19.4 Å². The van der Waals surface area contributed by atoms with E-state index >= 15 is 0 Å². The zero-order valence-electron chi connectivity index (χ0n) is 6.72. The van der Waals surface area contributed by atoms with Crippen LogP contribution in [0.4, 0.5) is 0 Å². The van der Waals surface area contributed by atoms with E-state index in [1.807, 2.05) is 6.92 Å². The lowest BCUT2D eigenvalue weighted by Gasteiger charge is -2.19. The third-order valence-electron chi connectivity index (χ3n) is 1.35. The molecule has 1 aliphatic heterocycles. The molecule has 12 heavy (non-hydrogen) atoms. The van der Waals surface area contributed by atoms with Crippen LogP contribution in [0.3, 0.4) is 0 Å². The van der Waals surface area contributed by atoms with Gasteiger partial charge in [-0.1, -0.05) is 0 Å². The second-order valence-corrected chi connectivity index (χ2v) is 2.64. The molecule has 1 rings (SSSR count). The maximum absolute atomic E-state index is 10.9. The first-order chi connectivity index (χ1) is 5.58. The van der Waals surface area contributed by atoms with Crippen molar-refractivity contribution in [2.75, 3.05) is 0 Å². The molecule has 6 heteroatoms. The average molecular weight is 169 g/mol. The minimum Gasteiger partial charge on any atom is -0.370 e. The van der Waals surface area contributed by atoms with Gasteiger partial charge in [-0.05, 0) is 6.92 Å². The number of rotatable bonds is 0. The van der Waals surface area contributed by atoms with E-state index in [1.165, 1.54) is 0 Å². The summed E-state index contributed by atoms with van der Waals surface area (Å²) in [5.41, 5.74) is 5.05. The Morgan fingerprint density at radius 2 is 2.58 bits per heavy atom. The fourth-order valence-electron chi connectivity index (χ4n) is 0.941. The number of guanidine groups is 2. The number of hydrogen-bond donors (Lipinski definition) is 4. The quantitative estimate of drug-likeness (QED) is 0.268. The van der Waals surface area contributed by atoms with Crippen molar-refractivity contribution in [2.24, 2.45) is 10.7 Å². The van der Waals surface area contributed by atoms with Gasteiger partial charge in [0.1, 0.15) is 0 Å². The van der Waals surface area contributed by atoms with Gasteiger partial charge in [0.15, 0.2) is 5.96 Å². The van der Waals surface area contributed by atoms with Crippen LogP contribution in [0.25, 0.3) is 0 Å². The Balaban J connectivity index is 2.63. The van der Waals surface area contributed by atoms with Crippen LogP contribution in [0.5, 0.6) is 0 Å². The molecule has 0 aromatic rings. The molecular weight excluding hydrogens is 158 g/mol. The second kappa shape index (κ2) is 3.21. The minimum absolute atomic E-state index is 0.0387. The van der Waals surface area contributed by atoms with Gasteiger partial charge in [-0.15, -0.1) is 0 Å². The molecular formula is C6H11N5O. The molecule has 0 aromatic carbocycles. The Kier molecular flexibility index (Phi) is 2.27. The predicted octanol–water partition coefficient (Wildman–Crippen LogP) is -1.27. The monoisotopic (exact) mass is 169 g/mol. The molecule has 0 spiro atoms. The molecule has 5 N–H and O–H groups in total. The summed E-state index contributed by atoms with van der Waals surface area (Å²) in [4.78, 5) is 14.5. The summed E-state index contributed by atoms with van der Waals surface area (Å²) >= 11 is 0. The average Bonchev–Trinajstić information content (AvgIpc) is 1.81.